The molecule has 0 spiro atoms. The number of allylic oxidation sites excluding steroid dienone is 11. The van der Waals surface area contributed by atoms with E-state index in [-0.39, 0.29) is 19.1 Å². The highest BCUT2D eigenvalue weighted by atomic mass is 31.2. The molecule has 8 nitrogen and oxygen atoms in total. The summed E-state index contributed by atoms with van der Waals surface area (Å²) in [6.07, 6.45) is 42.6. The Labute approximate surface area is 306 Å². The van der Waals surface area contributed by atoms with Gasteiger partial charge in [0.25, 0.3) is 0 Å². The molecule has 9 heteroatoms. The molecule has 1 amide bonds. The van der Waals surface area contributed by atoms with Crippen molar-refractivity contribution in [3.63, 3.8) is 0 Å². The number of hydrogen-bond donors (Lipinski definition) is 3. The standard InChI is InChI=1S/C41H73N2O6P/c1-6-8-10-12-14-16-17-18-19-20-21-22-23-24-25-27-29-31-33-35-41(45)42-39(38-49-50(46,47)48-37-36-43(3,4)5)40(44)34-32-30-28-26-15-13-11-9-7-2/h8,10,14,16,18-19,21-22,24-25,32,34,39-40,44H,6-7,9,11-13,15,17,20,23,26-31,33,35-38H2,1-5H3,(H-,42,45,46,47)/p+1/b10-8-,16-14-,19-18-,22-21-,25-24-,34-32+. The normalized spacial score (nSPS) is 15.4. The van der Waals surface area contributed by atoms with Crippen molar-refractivity contribution in [3.05, 3.63) is 72.9 Å². The van der Waals surface area contributed by atoms with Crippen LogP contribution in [0.5, 0.6) is 0 Å². The summed E-state index contributed by atoms with van der Waals surface area (Å²) in [7, 11) is 1.53. The molecular formula is C41H74N2O6P+. The van der Waals surface area contributed by atoms with Gasteiger partial charge < -0.3 is 19.8 Å². The molecule has 0 aliphatic rings. The van der Waals surface area contributed by atoms with Crippen molar-refractivity contribution >= 4 is 13.7 Å². The molecule has 0 aromatic heterocycles. The summed E-state index contributed by atoms with van der Waals surface area (Å²) in [4.78, 5) is 23.0. The van der Waals surface area contributed by atoms with Gasteiger partial charge in [-0.3, -0.25) is 13.8 Å². The summed E-state index contributed by atoms with van der Waals surface area (Å²) >= 11 is 0. The van der Waals surface area contributed by atoms with Gasteiger partial charge in [0, 0.05) is 6.42 Å². The summed E-state index contributed by atoms with van der Waals surface area (Å²) in [6.45, 7) is 4.60. The van der Waals surface area contributed by atoms with E-state index in [1.165, 1.54) is 32.1 Å². The van der Waals surface area contributed by atoms with Crippen LogP contribution in [-0.4, -0.2) is 73.4 Å². The van der Waals surface area contributed by atoms with Gasteiger partial charge in [0.2, 0.25) is 5.91 Å². The molecule has 0 aromatic carbocycles. The van der Waals surface area contributed by atoms with Crippen molar-refractivity contribution in [3.8, 4) is 0 Å². The van der Waals surface area contributed by atoms with E-state index in [2.05, 4.69) is 79.9 Å². The minimum absolute atomic E-state index is 0.0504. The van der Waals surface area contributed by atoms with Gasteiger partial charge >= 0.3 is 7.82 Å². The molecule has 0 aliphatic heterocycles. The number of hydrogen-bond acceptors (Lipinski definition) is 5. The van der Waals surface area contributed by atoms with Gasteiger partial charge in [0.1, 0.15) is 13.2 Å². The zero-order valence-corrected chi connectivity index (χ0v) is 33.2. The quantitative estimate of drug-likeness (QED) is 0.0270. The number of carbonyl (C=O) groups is 1. The van der Waals surface area contributed by atoms with E-state index in [1.807, 2.05) is 27.2 Å². The Morgan fingerprint density at radius 3 is 1.76 bits per heavy atom. The first-order chi connectivity index (χ1) is 24.0. The largest absolute Gasteiger partial charge is 0.472 e. The van der Waals surface area contributed by atoms with Gasteiger partial charge in [-0.05, 0) is 64.2 Å². The lowest BCUT2D eigenvalue weighted by molar-refractivity contribution is -0.870. The molecule has 3 unspecified atom stereocenters. The van der Waals surface area contributed by atoms with Crippen LogP contribution < -0.4 is 5.32 Å². The van der Waals surface area contributed by atoms with Gasteiger partial charge in [-0.2, -0.15) is 0 Å². The van der Waals surface area contributed by atoms with E-state index in [0.29, 0.717) is 17.4 Å². The van der Waals surface area contributed by atoms with Crippen LogP contribution in [0.4, 0.5) is 0 Å². The van der Waals surface area contributed by atoms with Crippen LogP contribution >= 0.6 is 7.82 Å². The van der Waals surface area contributed by atoms with E-state index in [4.69, 9.17) is 9.05 Å². The number of quaternary nitrogens is 1. The zero-order valence-electron chi connectivity index (χ0n) is 32.4. The molecule has 3 atom stereocenters. The van der Waals surface area contributed by atoms with Gasteiger partial charge in [0.05, 0.1) is 39.9 Å². The highest BCUT2D eigenvalue weighted by Crippen LogP contribution is 2.43. The molecule has 3 N–H and O–H groups in total. The molecular weight excluding hydrogens is 647 g/mol. The maximum Gasteiger partial charge on any atom is 0.472 e. The van der Waals surface area contributed by atoms with Crippen LogP contribution in [0.3, 0.4) is 0 Å². The maximum absolute atomic E-state index is 12.8. The van der Waals surface area contributed by atoms with Crippen molar-refractivity contribution < 1.29 is 32.9 Å². The lowest BCUT2D eigenvalue weighted by Crippen LogP contribution is -2.45. The Hall–Kier alpha value is -2.06. The van der Waals surface area contributed by atoms with Gasteiger partial charge in [-0.15, -0.1) is 0 Å². The summed E-state index contributed by atoms with van der Waals surface area (Å²) < 4.78 is 23.4. The highest BCUT2D eigenvalue weighted by Gasteiger charge is 2.27. The Morgan fingerprint density at radius 1 is 0.700 bits per heavy atom. The second-order valence-corrected chi connectivity index (χ2v) is 15.4. The number of unbranched alkanes of at least 4 members (excludes halogenated alkanes) is 10. The number of aliphatic hydroxyl groups is 1. The van der Waals surface area contributed by atoms with E-state index >= 15 is 0 Å². The number of amides is 1. The fourth-order valence-electron chi connectivity index (χ4n) is 4.83. The van der Waals surface area contributed by atoms with Crippen molar-refractivity contribution in [2.45, 2.75) is 142 Å². The van der Waals surface area contributed by atoms with Crippen LogP contribution in [0.1, 0.15) is 129 Å². The first-order valence-corrected chi connectivity index (χ1v) is 20.8. The second kappa shape index (κ2) is 32.8. The molecule has 50 heavy (non-hydrogen) atoms. The Morgan fingerprint density at radius 2 is 1.20 bits per heavy atom. The van der Waals surface area contributed by atoms with Crippen molar-refractivity contribution in [2.75, 3.05) is 40.9 Å². The molecule has 0 saturated heterocycles. The average Bonchev–Trinajstić information content (AvgIpc) is 3.06. The number of nitrogens with one attached hydrogen (secondary N) is 1. The highest BCUT2D eigenvalue weighted by molar-refractivity contribution is 7.47. The van der Waals surface area contributed by atoms with Crippen molar-refractivity contribution in [1.82, 2.24) is 5.32 Å². The van der Waals surface area contributed by atoms with E-state index < -0.39 is 20.0 Å². The fourth-order valence-corrected chi connectivity index (χ4v) is 5.56. The van der Waals surface area contributed by atoms with Crippen LogP contribution in [-0.2, 0) is 18.4 Å². The van der Waals surface area contributed by atoms with E-state index in [1.54, 1.807) is 6.08 Å². The lowest BCUT2D eigenvalue weighted by Gasteiger charge is -2.25. The first kappa shape index (κ1) is 47.9. The summed E-state index contributed by atoms with van der Waals surface area (Å²) in [6, 6.07) is -0.864. The Kier molecular flexibility index (Phi) is 31.5. The molecule has 0 rings (SSSR count). The number of phosphoric acid groups is 1. The smallest absolute Gasteiger partial charge is 0.387 e. The minimum atomic E-state index is -4.34. The number of nitrogens with zero attached hydrogens (tertiary/aromatic N) is 1. The molecule has 288 valence electrons. The summed E-state index contributed by atoms with van der Waals surface area (Å²) in [5.41, 5.74) is 0. The van der Waals surface area contributed by atoms with Crippen molar-refractivity contribution in [1.29, 1.82) is 0 Å². The fraction of sp³-hybridized carbons (Fsp3) is 0.683. The topological polar surface area (TPSA) is 105 Å². The number of carbonyl (C=O) groups excluding carboxylic acids is 1. The number of rotatable bonds is 33. The van der Waals surface area contributed by atoms with Crippen LogP contribution in [0.15, 0.2) is 72.9 Å². The van der Waals surface area contributed by atoms with Gasteiger partial charge in [-0.1, -0.05) is 132 Å². The van der Waals surface area contributed by atoms with Gasteiger partial charge in [-0.25, -0.2) is 4.57 Å². The third-order valence-corrected chi connectivity index (χ3v) is 8.92. The molecule has 0 saturated carbocycles. The number of likely N-dealkylation sites (N-methyl/N-ethyl adjacent to an activating group) is 1. The number of phosphoric ester groups is 1. The lowest BCUT2D eigenvalue weighted by atomic mass is 10.1. The average molecular weight is 722 g/mol. The van der Waals surface area contributed by atoms with Crippen LogP contribution in [0.2, 0.25) is 0 Å². The van der Waals surface area contributed by atoms with E-state index in [0.717, 1.165) is 77.0 Å². The first-order valence-electron chi connectivity index (χ1n) is 19.3. The molecule has 0 aliphatic carbocycles. The molecule has 0 heterocycles. The minimum Gasteiger partial charge on any atom is -0.387 e. The monoisotopic (exact) mass is 722 g/mol. The third kappa shape index (κ3) is 34.4. The predicted molar refractivity (Wildman–Crippen MR) is 212 cm³/mol. The van der Waals surface area contributed by atoms with Gasteiger partial charge in [0.15, 0.2) is 0 Å². The number of aliphatic hydroxyl groups excluding tert-OH is 1. The maximum atomic E-state index is 12.8. The predicted octanol–water partition coefficient (Wildman–Crippen LogP) is 10.1. The SMILES string of the molecule is CC/C=C\C/C=C\C/C=C\C/C=C\C/C=C\CCCCCC(=O)NC(COP(=O)(O)OCC[N+](C)(C)C)C(O)/C=C/CCCCCCCCC. The molecule has 0 bridgehead atoms. The Balaban J connectivity index is 4.53. The zero-order chi connectivity index (χ0) is 37.2. The Bertz CT molecular complexity index is 1040. The van der Waals surface area contributed by atoms with Crippen LogP contribution in [0, 0.1) is 0 Å². The molecule has 0 radical (unpaired) electrons. The summed E-state index contributed by atoms with van der Waals surface area (Å²) in [5.74, 6) is -0.216. The second-order valence-electron chi connectivity index (χ2n) is 13.9. The van der Waals surface area contributed by atoms with E-state index in [9.17, 15) is 19.4 Å². The van der Waals surface area contributed by atoms with Crippen molar-refractivity contribution in [2.24, 2.45) is 0 Å². The summed E-state index contributed by atoms with van der Waals surface area (Å²) in [5, 5.41) is 13.7. The molecule has 0 aromatic rings. The van der Waals surface area contributed by atoms with Crippen LogP contribution in [0.25, 0.3) is 0 Å². The molecule has 0 fully saturated rings. The third-order valence-electron chi connectivity index (χ3n) is 7.93.